The van der Waals surface area contributed by atoms with Gasteiger partial charge in [-0.25, -0.2) is 4.79 Å². The van der Waals surface area contributed by atoms with Gasteiger partial charge in [-0.05, 0) is 24.3 Å². The Morgan fingerprint density at radius 1 is 0.710 bits per heavy atom. The quantitative estimate of drug-likeness (QED) is 0.237. The Bertz CT molecular complexity index is 1080. The van der Waals surface area contributed by atoms with E-state index >= 15 is 0 Å². The molecule has 0 atom stereocenters. The monoisotopic (exact) mass is 459 g/mol. The van der Waals surface area contributed by atoms with Crippen molar-refractivity contribution in [3.63, 3.8) is 0 Å². The number of ether oxygens (including phenoxy) is 3. The molecule has 0 amide bonds. The molecule has 0 radical (unpaired) electrons. The van der Waals surface area contributed by atoms with Crippen LogP contribution in [0.2, 0.25) is 0 Å². The summed E-state index contributed by atoms with van der Waals surface area (Å²) in [5.41, 5.74) is 0.518. The standard InChI is InChI=1S/C18H13O3.C7H7O.Co.O/c1-20-16-8-10-17(11-9-16)21-18(19)15-7-6-13-4-2-3-5-14(13)12-15;1-8-7-5-3-2-4-6-7;;/h3-12H,1H3;3-6H,1H3;;/q2*-1;;. The van der Waals surface area contributed by atoms with Crippen molar-refractivity contribution < 1.29 is 38.5 Å². The van der Waals surface area contributed by atoms with E-state index in [1.807, 2.05) is 54.6 Å². The van der Waals surface area contributed by atoms with E-state index in [9.17, 15) is 4.79 Å². The number of benzene rings is 4. The van der Waals surface area contributed by atoms with Gasteiger partial charge in [0, 0.05) is 5.75 Å². The Hall–Kier alpha value is -3.48. The Labute approximate surface area is 189 Å². The third kappa shape index (κ3) is 7.37. The second kappa shape index (κ2) is 12.9. The first-order chi connectivity index (χ1) is 15.2. The van der Waals surface area contributed by atoms with Gasteiger partial charge in [-0.3, -0.25) is 0 Å². The van der Waals surface area contributed by atoms with E-state index in [0.717, 1.165) is 22.3 Å². The molecule has 4 aromatic carbocycles. The first-order valence-corrected chi connectivity index (χ1v) is 9.52. The van der Waals surface area contributed by atoms with Crippen molar-refractivity contribution in [2.75, 3.05) is 14.2 Å². The van der Waals surface area contributed by atoms with Gasteiger partial charge in [0.15, 0.2) is 0 Å². The number of carbonyl (C=O) groups is 1. The Morgan fingerprint density at radius 2 is 1.29 bits per heavy atom. The molecule has 0 heterocycles. The summed E-state index contributed by atoms with van der Waals surface area (Å²) >= 11 is 2.31. The fourth-order valence-corrected chi connectivity index (χ4v) is 2.57. The van der Waals surface area contributed by atoms with Gasteiger partial charge in [0.2, 0.25) is 0 Å². The number of hydrogen-bond donors (Lipinski definition) is 0. The minimum atomic E-state index is -0.380. The summed E-state index contributed by atoms with van der Waals surface area (Å²) < 4.78 is 23.2. The third-order valence-electron chi connectivity index (χ3n) is 4.11. The predicted octanol–water partition coefficient (Wildman–Crippen LogP) is 5.24. The van der Waals surface area contributed by atoms with Crippen LogP contribution in [0.1, 0.15) is 10.4 Å². The van der Waals surface area contributed by atoms with Crippen molar-refractivity contribution in [1.29, 1.82) is 0 Å². The van der Waals surface area contributed by atoms with Gasteiger partial charge in [-0.15, -0.1) is 29.0 Å². The van der Waals surface area contributed by atoms with Crippen molar-refractivity contribution in [3.8, 4) is 17.2 Å². The van der Waals surface area contributed by atoms with Crippen LogP contribution in [0.25, 0.3) is 10.8 Å². The van der Waals surface area contributed by atoms with Gasteiger partial charge in [0.1, 0.15) is 11.5 Å². The average Bonchev–Trinajstić information content (AvgIpc) is 2.86. The van der Waals surface area contributed by atoms with E-state index in [4.69, 9.17) is 18.1 Å². The van der Waals surface area contributed by atoms with E-state index in [2.05, 4.69) is 27.8 Å². The first kappa shape index (κ1) is 23.8. The molecule has 5 nitrogen and oxygen atoms in total. The molecular weight excluding hydrogens is 439 g/mol. The van der Waals surface area contributed by atoms with Crippen molar-refractivity contribution in [3.05, 3.63) is 103 Å². The number of esters is 1. The third-order valence-corrected chi connectivity index (χ3v) is 4.11. The van der Waals surface area contributed by atoms with Crippen LogP contribution in [0.5, 0.6) is 17.2 Å². The van der Waals surface area contributed by atoms with Crippen LogP contribution >= 0.6 is 0 Å². The molecule has 4 aromatic rings. The maximum absolute atomic E-state index is 12.2. The molecular formula is C25H20CoO5-2. The summed E-state index contributed by atoms with van der Waals surface area (Å²) in [5.74, 6) is 1.71. The fraction of sp³-hybridized carbons (Fsp3) is 0.0800. The number of hydrogen-bond acceptors (Lipinski definition) is 5. The average molecular weight is 459 g/mol. The fourth-order valence-electron chi connectivity index (χ4n) is 2.57. The molecule has 0 spiro atoms. The minimum absolute atomic E-state index is 0.380. The molecule has 0 N–H and O–H groups in total. The Morgan fingerprint density at radius 3 is 1.90 bits per heavy atom. The summed E-state index contributed by atoms with van der Waals surface area (Å²) in [7, 11) is 3.24. The molecule has 0 aliphatic heterocycles. The molecule has 0 unspecified atom stereocenters. The van der Waals surface area contributed by atoms with Crippen LogP contribution in [0.3, 0.4) is 0 Å². The zero-order valence-electron chi connectivity index (χ0n) is 17.0. The zero-order chi connectivity index (χ0) is 22.5. The normalized spacial score (nSPS) is 9.39. The summed E-state index contributed by atoms with van der Waals surface area (Å²) in [6.07, 6.45) is 0. The Kier molecular flexibility index (Phi) is 9.94. The van der Waals surface area contributed by atoms with Gasteiger partial charge in [0.05, 0.1) is 19.8 Å². The molecule has 0 saturated heterocycles. The van der Waals surface area contributed by atoms with Crippen molar-refractivity contribution in [1.82, 2.24) is 0 Å². The number of methoxy groups -OCH3 is 2. The van der Waals surface area contributed by atoms with E-state index in [0.29, 0.717) is 11.3 Å². The molecule has 0 aromatic heterocycles. The molecule has 0 fully saturated rings. The molecule has 0 aliphatic carbocycles. The van der Waals surface area contributed by atoms with Crippen LogP contribution in [0, 0.1) is 12.1 Å². The maximum atomic E-state index is 12.2. The number of fused-ring (bicyclic) bond motifs is 1. The number of carbonyl (C=O) groups excluding carboxylic acids is 1. The van der Waals surface area contributed by atoms with Crippen LogP contribution in [0.15, 0.2) is 84.9 Å². The second-order valence-corrected chi connectivity index (χ2v) is 5.99. The van der Waals surface area contributed by atoms with Crippen LogP contribution in [0.4, 0.5) is 0 Å². The van der Waals surface area contributed by atoms with Crippen molar-refractivity contribution in [2.45, 2.75) is 0 Å². The van der Waals surface area contributed by atoms with E-state index in [-0.39, 0.29) is 5.97 Å². The molecule has 0 saturated carbocycles. The van der Waals surface area contributed by atoms with Gasteiger partial charge in [-0.2, -0.15) is 42.5 Å². The van der Waals surface area contributed by atoms with E-state index in [1.54, 1.807) is 44.6 Å². The molecule has 6 heteroatoms. The van der Waals surface area contributed by atoms with Crippen molar-refractivity contribution >= 4 is 16.7 Å². The Balaban J connectivity index is 0.000000286. The summed E-state index contributed by atoms with van der Waals surface area (Å²) in [6.45, 7) is 0. The molecule has 0 aliphatic rings. The van der Waals surface area contributed by atoms with Crippen LogP contribution in [-0.4, -0.2) is 20.2 Å². The predicted molar refractivity (Wildman–Crippen MR) is 113 cm³/mol. The van der Waals surface area contributed by atoms with Gasteiger partial charge in [0.25, 0.3) is 0 Å². The molecule has 4 rings (SSSR count). The zero-order valence-corrected chi connectivity index (χ0v) is 18.0. The summed E-state index contributed by atoms with van der Waals surface area (Å²) in [6, 6.07) is 31.2. The molecule has 0 bridgehead atoms. The first-order valence-electron chi connectivity index (χ1n) is 9.09. The van der Waals surface area contributed by atoms with E-state index in [1.165, 1.54) is 0 Å². The molecule has 31 heavy (non-hydrogen) atoms. The number of rotatable bonds is 4. The van der Waals surface area contributed by atoms with Crippen LogP contribution in [-0.2, 0) is 19.5 Å². The van der Waals surface area contributed by atoms with Crippen molar-refractivity contribution in [2.24, 2.45) is 0 Å². The van der Waals surface area contributed by atoms with E-state index < -0.39 is 0 Å². The summed E-state index contributed by atoms with van der Waals surface area (Å²) in [5, 5.41) is 2.02. The topological polar surface area (TPSA) is 61.8 Å². The molecule has 161 valence electrons. The SMILES string of the molecule is COc1cc[c-]cc1.COc1ccc(OC(=O)c2ccc3c[c-]ccc3c2)cc1.[O]=[Co]. The summed E-state index contributed by atoms with van der Waals surface area (Å²) in [4.78, 5) is 12.2. The van der Waals surface area contributed by atoms with Gasteiger partial charge >= 0.3 is 25.5 Å². The van der Waals surface area contributed by atoms with Crippen LogP contribution < -0.4 is 14.2 Å². The van der Waals surface area contributed by atoms with Gasteiger partial charge < -0.3 is 14.2 Å². The second-order valence-electron chi connectivity index (χ2n) is 5.99. The van der Waals surface area contributed by atoms with Gasteiger partial charge in [-0.1, -0.05) is 12.1 Å².